The molecule has 0 aliphatic carbocycles. The van der Waals surface area contributed by atoms with Gasteiger partial charge < -0.3 is 10.6 Å². The lowest BCUT2D eigenvalue weighted by Gasteiger charge is -2.34. The van der Waals surface area contributed by atoms with Gasteiger partial charge in [-0.05, 0) is 30.9 Å². The van der Waals surface area contributed by atoms with Crippen LogP contribution in [0.15, 0.2) is 18.2 Å². The second-order valence-corrected chi connectivity index (χ2v) is 6.23. The van der Waals surface area contributed by atoms with Crippen molar-refractivity contribution in [2.24, 2.45) is 11.7 Å². The number of rotatable bonds is 2. The van der Waals surface area contributed by atoms with Crippen LogP contribution >= 0.6 is 11.6 Å². The van der Waals surface area contributed by atoms with Crippen molar-refractivity contribution in [3.05, 3.63) is 28.8 Å². The van der Waals surface area contributed by atoms with Crippen LogP contribution in [0.2, 0.25) is 5.02 Å². The first kappa shape index (κ1) is 14.4. The molecule has 21 heavy (non-hydrogen) atoms. The van der Waals surface area contributed by atoms with E-state index < -0.39 is 0 Å². The number of aryl methyl sites for hydroxylation is 1. The molecule has 0 spiro atoms. The second-order valence-electron chi connectivity index (χ2n) is 5.82. The first-order valence-corrected chi connectivity index (χ1v) is 7.62. The van der Waals surface area contributed by atoms with Crippen molar-refractivity contribution >= 4 is 17.5 Å². The van der Waals surface area contributed by atoms with Crippen molar-refractivity contribution in [1.29, 1.82) is 0 Å². The van der Waals surface area contributed by atoms with Gasteiger partial charge in [-0.25, -0.2) is 0 Å². The molecule has 3 N–H and O–H groups in total. The second kappa shape index (κ2) is 5.66. The lowest BCUT2D eigenvalue weighted by atomic mass is 9.95. The zero-order valence-corrected chi connectivity index (χ0v) is 13.1. The fraction of sp³-hybridized carbons (Fsp3) is 0.467. The van der Waals surface area contributed by atoms with Crippen LogP contribution in [0.4, 0.5) is 5.95 Å². The molecule has 1 aromatic heterocycles. The molecule has 0 amide bonds. The number of piperidine rings is 1. The van der Waals surface area contributed by atoms with Crippen molar-refractivity contribution in [2.45, 2.75) is 26.3 Å². The third-order valence-corrected chi connectivity index (χ3v) is 4.63. The molecule has 2 heterocycles. The smallest absolute Gasteiger partial charge is 0.245 e. The van der Waals surface area contributed by atoms with Gasteiger partial charge in [0.2, 0.25) is 5.95 Å². The van der Waals surface area contributed by atoms with Crippen LogP contribution in [-0.4, -0.2) is 34.3 Å². The van der Waals surface area contributed by atoms with Crippen molar-refractivity contribution in [3.63, 3.8) is 0 Å². The normalized spacial score (nSPS) is 22.6. The molecule has 2 aromatic rings. The predicted molar refractivity (Wildman–Crippen MR) is 85.5 cm³/mol. The van der Waals surface area contributed by atoms with Crippen LogP contribution in [-0.2, 0) is 0 Å². The molecule has 0 radical (unpaired) electrons. The molecule has 5 nitrogen and oxygen atoms in total. The summed E-state index contributed by atoms with van der Waals surface area (Å²) in [6.07, 6.45) is 1.07. The Bertz CT molecular complexity index is 639. The van der Waals surface area contributed by atoms with Crippen molar-refractivity contribution in [1.82, 2.24) is 15.2 Å². The molecule has 0 bridgehead atoms. The van der Waals surface area contributed by atoms with Crippen LogP contribution in [0.5, 0.6) is 0 Å². The number of nitrogens with two attached hydrogens (primary N) is 1. The molecule has 1 aromatic carbocycles. The van der Waals surface area contributed by atoms with Gasteiger partial charge in [-0.15, -0.1) is 5.10 Å². The molecule has 3 rings (SSSR count). The Labute approximate surface area is 129 Å². The maximum absolute atomic E-state index is 6.17. The van der Waals surface area contributed by atoms with Gasteiger partial charge in [0.1, 0.15) is 0 Å². The summed E-state index contributed by atoms with van der Waals surface area (Å²) in [5.41, 5.74) is 8.13. The third kappa shape index (κ3) is 2.89. The van der Waals surface area contributed by atoms with Crippen molar-refractivity contribution < 1.29 is 0 Å². The van der Waals surface area contributed by atoms with E-state index in [0.717, 1.165) is 41.5 Å². The number of halogens is 1. The molecule has 2 unspecified atom stereocenters. The van der Waals surface area contributed by atoms with Gasteiger partial charge in [-0.1, -0.05) is 30.7 Å². The van der Waals surface area contributed by atoms with Crippen LogP contribution < -0.4 is 10.6 Å². The summed E-state index contributed by atoms with van der Waals surface area (Å²) < 4.78 is 0. The van der Waals surface area contributed by atoms with E-state index in [0.29, 0.717) is 11.9 Å². The number of nitrogens with one attached hydrogen (secondary N) is 1. The minimum absolute atomic E-state index is 0.175. The Morgan fingerprint density at radius 1 is 1.43 bits per heavy atom. The summed E-state index contributed by atoms with van der Waals surface area (Å²) in [6, 6.07) is 6.06. The van der Waals surface area contributed by atoms with Gasteiger partial charge in [0.15, 0.2) is 5.82 Å². The van der Waals surface area contributed by atoms with Gasteiger partial charge in [0.05, 0.1) is 0 Å². The zero-order valence-electron chi connectivity index (χ0n) is 12.3. The van der Waals surface area contributed by atoms with Crippen LogP contribution in [0.3, 0.4) is 0 Å². The van der Waals surface area contributed by atoms with Gasteiger partial charge in [-0.3, -0.25) is 5.10 Å². The van der Waals surface area contributed by atoms with Crippen LogP contribution in [0.25, 0.3) is 11.4 Å². The highest BCUT2D eigenvalue weighted by Crippen LogP contribution is 2.25. The van der Waals surface area contributed by atoms with Gasteiger partial charge >= 0.3 is 0 Å². The summed E-state index contributed by atoms with van der Waals surface area (Å²) in [5.74, 6) is 2.00. The number of benzene rings is 1. The lowest BCUT2D eigenvalue weighted by Crippen LogP contribution is -2.48. The SMILES string of the molecule is Cc1ccc(-c2nc(N3CCC(C)C(N)C3)n[nH]2)cc1Cl. The molecule has 1 aliphatic heterocycles. The first-order chi connectivity index (χ1) is 10.0. The Kier molecular flexibility index (Phi) is 3.87. The average Bonchev–Trinajstić information content (AvgIpc) is 2.94. The number of aromatic amines is 1. The maximum atomic E-state index is 6.17. The van der Waals surface area contributed by atoms with E-state index >= 15 is 0 Å². The average molecular weight is 306 g/mol. The molecule has 2 atom stereocenters. The lowest BCUT2D eigenvalue weighted by molar-refractivity contribution is 0.376. The summed E-state index contributed by atoms with van der Waals surface area (Å²) in [7, 11) is 0. The summed E-state index contributed by atoms with van der Waals surface area (Å²) in [6.45, 7) is 5.92. The Hall–Kier alpha value is -1.59. The number of aromatic nitrogens is 3. The standard InChI is InChI=1S/C15H20ClN5/c1-9-3-4-11(7-12(9)16)14-18-15(20-19-14)21-6-5-10(2)13(17)8-21/h3-4,7,10,13H,5-6,8,17H2,1-2H3,(H,18,19,20). The molecule has 1 saturated heterocycles. The Balaban J connectivity index is 1.81. The van der Waals surface area contributed by atoms with E-state index in [1.54, 1.807) is 0 Å². The monoisotopic (exact) mass is 305 g/mol. The van der Waals surface area contributed by atoms with E-state index in [4.69, 9.17) is 17.3 Å². The van der Waals surface area contributed by atoms with E-state index in [1.165, 1.54) is 0 Å². The van der Waals surface area contributed by atoms with Crippen LogP contribution in [0, 0.1) is 12.8 Å². The number of hydrogen-bond donors (Lipinski definition) is 2. The highest BCUT2D eigenvalue weighted by Gasteiger charge is 2.25. The van der Waals surface area contributed by atoms with Gasteiger partial charge in [0, 0.05) is 29.7 Å². The van der Waals surface area contributed by atoms with E-state index in [-0.39, 0.29) is 6.04 Å². The molecular formula is C15H20ClN5. The topological polar surface area (TPSA) is 70.8 Å². The maximum Gasteiger partial charge on any atom is 0.245 e. The van der Waals surface area contributed by atoms with E-state index in [9.17, 15) is 0 Å². The van der Waals surface area contributed by atoms with E-state index in [1.807, 2.05) is 25.1 Å². The molecule has 1 fully saturated rings. The minimum atomic E-state index is 0.175. The molecule has 1 aliphatic rings. The molecule has 0 saturated carbocycles. The summed E-state index contributed by atoms with van der Waals surface area (Å²) >= 11 is 6.17. The van der Waals surface area contributed by atoms with Gasteiger partial charge in [0.25, 0.3) is 0 Å². The Morgan fingerprint density at radius 2 is 2.24 bits per heavy atom. The molecular weight excluding hydrogens is 286 g/mol. The highest BCUT2D eigenvalue weighted by atomic mass is 35.5. The molecule has 6 heteroatoms. The van der Waals surface area contributed by atoms with Gasteiger partial charge in [-0.2, -0.15) is 4.98 Å². The Morgan fingerprint density at radius 3 is 2.95 bits per heavy atom. The largest absolute Gasteiger partial charge is 0.338 e. The predicted octanol–water partition coefficient (Wildman–Crippen LogP) is 2.61. The number of anilines is 1. The molecule has 112 valence electrons. The fourth-order valence-electron chi connectivity index (χ4n) is 2.54. The van der Waals surface area contributed by atoms with Crippen LogP contribution in [0.1, 0.15) is 18.9 Å². The fourth-order valence-corrected chi connectivity index (χ4v) is 2.73. The zero-order chi connectivity index (χ0) is 15.0. The third-order valence-electron chi connectivity index (χ3n) is 4.22. The van der Waals surface area contributed by atoms with Crippen molar-refractivity contribution in [2.75, 3.05) is 18.0 Å². The summed E-state index contributed by atoms with van der Waals surface area (Å²) in [4.78, 5) is 6.72. The van der Waals surface area contributed by atoms with Crippen molar-refractivity contribution in [3.8, 4) is 11.4 Å². The first-order valence-electron chi connectivity index (χ1n) is 7.24. The minimum Gasteiger partial charge on any atom is -0.338 e. The number of hydrogen-bond acceptors (Lipinski definition) is 4. The number of nitrogens with zero attached hydrogens (tertiary/aromatic N) is 3. The van der Waals surface area contributed by atoms with E-state index in [2.05, 4.69) is 27.0 Å². The highest BCUT2D eigenvalue weighted by molar-refractivity contribution is 6.31. The summed E-state index contributed by atoms with van der Waals surface area (Å²) in [5, 5.41) is 8.04. The number of H-pyrrole nitrogens is 1. The quantitative estimate of drug-likeness (QED) is 0.894.